The van der Waals surface area contributed by atoms with Gasteiger partial charge in [-0.25, -0.2) is 0 Å². The lowest BCUT2D eigenvalue weighted by Crippen LogP contribution is -1.98. The van der Waals surface area contributed by atoms with Crippen molar-refractivity contribution >= 4 is 34.6 Å². The van der Waals surface area contributed by atoms with Gasteiger partial charge in [0.15, 0.2) is 0 Å². The number of anilines is 1. The number of non-ortho nitro benzene ring substituents is 1. The molecule has 0 unspecified atom stereocenters. The molecule has 0 aliphatic heterocycles. The fraction of sp³-hybridized carbons (Fsp3) is 0.0833. The molecule has 0 bridgehead atoms. The first-order chi connectivity index (χ1) is 9.99. The van der Waals surface area contributed by atoms with Gasteiger partial charge in [0.05, 0.1) is 22.1 Å². The van der Waals surface area contributed by atoms with E-state index in [0.717, 1.165) is 16.5 Å². The Bertz CT molecular complexity index is 726. The van der Waals surface area contributed by atoms with Gasteiger partial charge in [0, 0.05) is 10.9 Å². The Morgan fingerprint density at radius 1 is 1.24 bits per heavy atom. The minimum Gasteiger partial charge on any atom is -0.272 e. The molecule has 21 heavy (non-hydrogen) atoms. The van der Waals surface area contributed by atoms with Crippen LogP contribution in [0.1, 0.15) is 10.4 Å². The van der Waals surface area contributed by atoms with Crippen molar-refractivity contribution in [2.45, 2.75) is 6.92 Å². The molecule has 0 saturated heterocycles. The summed E-state index contributed by atoms with van der Waals surface area (Å²) >= 11 is 1.49. The van der Waals surface area contributed by atoms with Crippen LogP contribution < -0.4 is 5.43 Å². The fourth-order valence-electron chi connectivity index (χ4n) is 1.56. The minimum atomic E-state index is -0.693. The Hall–Kier alpha value is -2.81. The van der Waals surface area contributed by atoms with Gasteiger partial charge >= 0.3 is 5.69 Å². The quantitative estimate of drug-likeness (QED) is 0.517. The highest BCUT2D eigenvalue weighted by Crippen LogP contribution is 2.28. The van der Waals surface area contributed by atoms with Crippen molar-refractivity contribution < 1.29 is 9.85 Å². The summed E-state index contributed by atoms with van der Waals surface area (Å²) in [5.74, 6) is 0. The molecule has 2 rings (SSSR count). The minimum absolute atomic E-state index is 0.0936. The molecule has 1 heterocycles. The van der Waals surface area contributed by atoms with Crippen molar-refractivity contribution in [2.75, 3.05) is 5.43 Å². The molecule has 0 fully saturated rings. The number of nitro groups is 2. The van der Waals surface area contributed by atoms with E-state index < -0.39 is 15.5 Å². The second-order valence-electron chi connectivity index (χ2n) is 4.05. The molecule has 1 aromatic carbocycles. The van der Waals surface area contributed by atoms with E-state index in [2.05, 4.69) is 10.5 Å². The summed E-state index contributed by atoms with van der Waals surface area (Å²) in [7, 11) is 0. The monoisotopic (exact) mass is 306 g/mol. The molecule has 8 nitrogen and oxygen atoms in total. The SMILES string of the molecule is Cc1ccsc1/C=N/Nc1ccc([N+](=O)[O-])cc1[N+](=O)[O-]. The van der Waals surface area contributed by atoms with Crippen LogP contribution in [0, 0.1) is 27.2 Å². The van der Waals surface area contributed by atoms with Crippen molar-refractivity contribution in [2.24, 2.45) is 5.10 Å². The number of rotatable bonds is 5. The average molecular weight is 306 g/mol. The van der Waals surface area contributed by atoms with E-state index in [4.69, 9.17) is 0 Å². The number of hydrogen-bond donors (Lipinski definition) is 1. The summed E-state index contributed by atoms with van der Waals surface area (Å²) in [5.41, 5.74) is 2.94. The van der Waals surface area contributed by atoms with Crippen LogP contribution in [0.4, 0.5) is 17.1 Å². The maximum absolute atomic E-state index is 10.9. The van der Waals surface area contributed by atoms with Gasteiger partial charge in [-0.05, 0) is 30.0 Å². The molecule has 0 atom stereocenters. The van der Waals surface area contributed by atoms with E-state index >= 15 is 0 Å². The lowest BCUT2D eigenvalue weighted by Gasteiger charge is -2.01. The van der Waals surface area contributed by atoms with Crippen molar-refractivity contribution in [1.82, 2.24) is 0 Å². The van der Waals surface area contributed by atoms with E-state index in [1.807, 2.05) is 18.4 Å². The van der Waals surface area contributed by atoms with Gasteiger partial charge in [0.25, 0.3) is 5.69 Å². The smallest absolute Gasteiger partial charge is 0.272 e. The third-order valence-electron chi connectivity index (χ3n) is 2.66. The number of benzene rings is 1. The highest BCUT2D eigenvalue weighted by atomic mass is 32.1. The first-order valence-corrected chi connectivity index (χ1v) is 6.63. The molecule has 2 aromatic rings. The van der Waals surface area contributed by atoms with E-state index in [1.54, 1.807) is 6.21 Å². The van der Waals surface area contributed by atoms with E-state index in [1.165, 1.54) is 23.5 Å². The zero-order chi connectivity index (χ0) is 15.4. The second-order valence-corrected chi connectivity index (χ2v) is 5.00. The van der Waals surface area contributed by atoms with Gasteiger partial charge < -0.3 is 0 Å². The fourth-order valence-corrected chi connectivity index (χ4v) is 2.34. The van der Waals surface area contributed by atoms with Gasteiger partial charge in [-0.1, -0.05) is 0 Å². The normalized spacial score (nSPS) is 10.7. The Labute approximate surface area is 123 Å². The average Bonchev–Trinajstić information content (AvgIpc) is 2.84. The number of hydrazone groups is 1. The molecule has 0 aliphatic rings. The number of aryl methyl sites for hydroxylation is 1. The standard InChI is InChI=1S/C12H10N4O4S/c1-8-4-5-21-12(8)7-13-14-10-3-2-9(15(17)18)6-11(10)16(19)20/h2-7,14H,1H3/b13-7+. The molecule has 0 radical (unpaired) electrons. The van der Waals surface area contributed by atoms with Gasteiger partial charge in [-0.2, -0.15) is 5.10 Å². The topological polar surface area (TPSA) is 111 Å². The van der Waals surface area contributed by atoms with E-state index in [9.17, 15) is 20.2 Å². The molecule has 0 saturated carbocycles. The molecular weight excluding hydrogens is 296 g/mol. The Morgan fingerprint density at radius 2 is 2.00 bits per heavy atom. The van der Waals surface area contributed by atoms with Gasteiger partial charge in [0.1, 0.15) is 5.69 Å². The second kappa shape index (κ2) is 6.09. The number of nitrogens with zero attached hydrogens (tertiary/aromatic N) is 3. The summed E-state index contributed by atoms with van der Waals surface area (Å²) in [4.78, 5) is 21.1. The van der Waals surface area contributed by atoms with E-state index in [0.29, 0.717) is 0 Å². The zero-order valence-corrected chi connectivity index (χ0v) is 11.7. The van der Waals surface area contributed by atoms with Crippen LogP contribution >= 0.6 is 11.3 Å². The molecule has 0 spiro atoms. The van der Waals surface area contributed by atoms with Crippen molar-refractivity contribution in [3.05, 3.63) is 60.3 Å². The maximum Gasteiger partial charge on any atom is 0.301 e. The molecule has 1 aromatic heterocycles. The number of nitro benzene ring substituents is 2. The van der Waals surface area contributed by atoms with Crippen LogP contribution in [0.3, 0.4) is 0 Å². The van der Waals surface area contributed by atoms with Crippen molar-refractivity contribution in [3.8, 4) is 0 Å². The van der Waals surface area contributed by atoms with Crippen LogP contribution in [0.5, 0.6) is 0 Å². The van der Waals surface area contributed by atoms with Crippen LogP contribution in [-0.2, 0) is 0 Å². The first-order valence-electron chi connectivity index (χ1n) is 5.75. The Kier molecular flexibility index (Phi) is 4.24. The van der Waals surface area contributed by atoms with Crippen LogP contribution in [-0.4, -0.2) is 16.1 Å². The summed E-state index contributed by atoms with van der Waals surface area (Å²) in [6.07, 6.45) is 1.55. The van der Waals surface area contributed by atoms with Crippen LogP contribution in [0.2, 0.25) is 0 Å². The van der Waals surface area contributed by atoms with Crippen LogP contribution in [0.25, 0.3) is 0 Å². The predicted octanol–water partition coefficient (Wildman–Crippen LogP) is 3.32. The van der Waals surface area contributed by atoms with Crippen molar-refractivity contribution in [1.29, 1.82) is 0 Å². The molecule has 1 N–H and O–H groups in total. The lowest BCUT2D eigenvalue weighted by atomic mass is 10.2. The number of thiophene rings is 1. The van der Waals surface area contributed by atoms with Gasteiger partial charge in [-0.3, -0.25) is 25.7 Å². The Morgan fingerprint density at radius 3 is 2.57 bits per heavy atom. The van der Waals surface area contributed by atoms with Gasteiger partial charge in [0.2, 0.25) is 0 Å². The van der Waals surface area contributed by atoms with E-state index in [-0.39, 0.29) is 11.4 Å². The molecule has 9 heteroatoms. The third-order valence-corrected chi connectivity index (χ3v) is 3.61. The van der Waals surface area contributed by atoms with Crippen molar-refractivity contribution in [3.63, 3.8) is 0 Å². The highest BCUT2D eigenvalue weighted by molar-refractivity contribution is 7.11. The number of hydrogen-bond acceptors (Lipinski definition) is 7. The maximum atomic E-state index is 10.9. The van der Waals surface area contributed by atoms with Gasteiger partial charge in [-0.15, -0.1) is 11.3 Å². The molecular formula is C12H10N4O4S. The number of nitrogens with one attached hydrogen (secondary N) is 1. The zero-order valence-electron chi connectivity index (χ0n) is 10.8. The summed E-state index contributed by atoms with van der Waals surface area (Å²) in [6, 6.07) is 5.27. The van der Waals surface area contributed by atoms with Crippen LogP contribution in [0.15, 0.2) is 34.7 Å². The highest BCUT2D eigenvalue weighted by Gasteiger charge is 2.19. The summed E-state index contributed by atoms with van der Waals surface area (Å²) in [6.45, 7) is 1.92. The largest absolute Gasteiger partial charge is 0.301 e. The molecule has 0 aliphatic carbocycles. The molecule has 0 amide bonds. The first kappa shape index (κ1) is 14.6. The summed E-state index contributed by atoms with van der Waals surface area (Å²) in [5, 5.41) is 27.4. The third kappa shape index (κ3) is 3.39. The molecule has 108 valence electrons. The Balaban J connectivity index is 2.23. The predicted molar refractivity (Wildman–Crippen MR) is 80.0 cm³/mol. The lowest BCUT2D eigenvalue weighted by molar-refractivity contribution is -0.393. The summed E-state index contributed by atoms with van der Waals surface area (Å²) < 4.78 is 0.